The predicted octanol–water partition coefficient (Wildman–Crippen LogP) is 6.05. The van der Waals surface area contributed by atoms with Crippen molar-refractivity contribution in [2.45, 2.75) is 39.5 Å². The number of allylic oxidation sites excluding steroid dienone is 1. The summed E-state index contributed by atoms with van der Waals surface area (Å²) in [6, 6.07) is 16.2. The molecule has 1 aliphatic rings. The van der Waals surface area contributed by atoms with E-state index in [9.17, 15) is 9.90 Å². The summed E-state index contributed by atoms with van der Waals surface area (Å²) < 4.78 is 0. The summed E-state index contributed by atoms with van der Waals surface area (Å²) in [6.45, 7) is 6.55. The van der Waals surface area contributed by atoms with E-state index in [2.05, 4.69) is 49.1 Å². The van der Waals surface area contributed by atoms with Crippen LogP contribution < -0.4 is 4.90 Å². The molecular formula is C26H28N2O2. The Hall–Kier alpha value is -3.14. The summed E-state index contributed by atoms with van der Waals surface area (Å²) in [7, 11) is 0. The summed E-state index contributed by atoms with van der Waals surface area (Å²) in [5.74, 6) is -0.873. The Morgan fingerprint density at radius 1 is 1.03 bits per heavy atom. The number of nitrogens with zero attached hydrogens (tertiary/aromatic N) is 2. The Balaban J connectivity index is 1.70. The average Bonchev–Trinajstić information content (AvgIpc) is 3.14. The molecule has 4 nitrogen and oxygen atoms in total. The standard InChI is InChI=1S/C26H28N2O2/c1-3-15-28(16-4-2)20-12-9-18(10-13-20)17-19-11-14-22-24(26(29)30)21-7-5-6-8-23(21)27-25(19)22/h5-10,12-13,17H,3-4,11,14-16H2,1-2H3,(H,29,30)/b19-17+. The number of benzene rings is 2. The number of carboxylic acids is 1. The van der Waals surface area contributed by atoms with E-state index in [0.29, 0.717) is 5.56 Å². The van der Waals surface area contributed by atoms with Crippen molar-refractivity contribution in [2.24, 2.45) is 0 Å². The first-order valence-electron chi connectivity index (χ1n) is 10.8. The van der Waals surface area contributed by atoms with Crippen LogP contribution in [0.3, 0.4) is 0 Å². The molecule has 0 amide bonds. The van der Waals surface area contributed by atoms with E-state index in [-0.39, 0.29) is 0 Å². The second kappa shape index (κ2) is 8.70. The monoisotopic (exact) mass is 400 g/mol. The van der Waals surface area contributed by atoms with Gasteiger partial charge in [-0.25, -0.2) is 9.78 Å². The number of hydrogen-bond donors (Lipinski definition) is 1. The zero-order valence-electron chi connectivity index (χ0n) is 17.7. The highest BCUT2D eigenvalue weighted by Crippen LogP contribution is 2.37. The molecule has 30 heavy (non-hydrogen) atoms. The normalized spacial score (nSPS) is 14.3. The lowest BCUT2D eigenvalue weighted by molar-refractivity contribution is 0.0698. The van der Waals surface area contributed by atoms with Crippen molar-refractivity contribution < 1.29 is 9.90 Å². The van der Waals surface area contributed by atoms with Gasteiger partial charge >= 0.3 is 5.97 Å². The molecule has 0 saturated heterocycles. The van der Waals surface area contributed by atoms with Gasteiger partial charge in [-0.2, -0.15) is 0 Å². The van der Waals surface area contributed by atoms with Crippen molar-refractivity contribution >= 4 is 34.2 Å². The lowest BCUT2D eigenvalue weighted by Gasteiger charge is -2.23. The SMILES string of the molecule is CCCN(CCC)c1ccc(/C=C2\CCc3c2nc2ccccc2c3C(=O)O)cc1. The molecule has 0 radical (unpaired) electrons. The zero-order valence-corrected chi connectivity index (χ0v) is 17.7. The number of carboxylic acid groups (broad SMARTS) is 1. The minimum Gasteiger partial charge on any atom is -0.478 e. The first-order chi connectivity index (χ1) is 14.6. The van der Waals surface area contributed by atoms with Crippen molar-refractivity contribution in [3.63, 3.8) is 0 Å². The van der Waals surface area contributed by atoms with Crippen LogP contribution in [0.25, 0.3) is 22.6 Å². The molecule has 0 atom stereocenters. The molecule has 3 aromatic rings. The van der Waals surface area contributed by atoms with Crippen LogP contribution in [0.1, 0.15) is 60.3 Å². The number of pyridine rings is 1. The molecule has 0 spiro atoms. The van der Waals surface area contributed by atoms with E-state index in [1.54, 1.807) is 0 Å². The predicted molar refractivity (Wildman–Crippen MR) is 124 cm³/mol. The lowest BCUT2D eigenvalue weighted by Crippen LogP contribution is -2.24. The van der Waals surface area contributed by atoms with Crippen LogP contribution in [-0.2, 0) is 6.42 Å². The average molecular weight is 401 g/mol. The minimum atomic E-state index is -0.873. The maximum atomic E-state index is 12.0. The zero-order chi connectivity index (χ0) is 21.1. The van der Waals surface area contributed by atoms with Crippen LogP contribution in [0, 0.1) is 0 Å². The fourth-order valence-electron chi connectivity index (χ4n) is 4.42. The van der Waals surface area contributed by atoms with Crippen LogP contribution in [0.15, 0.2) is 48.5 Å². The molecule has 4 rings (SSSR count). The first kappa shape index (κ1) is 20.1. The van der Waals surface area contributed by atoms with E-state index in [0.717, 1.165) is 72.1 Å². The van der Waals surface area contributed by atoms with Crippen LogP contribution in [0.2, 0.25) is 0 Å². The van der Waals surface area contributed by atoms with E-state index in [1.807, 2.05) is 24.3 Å². The molecule has 4 heteroatoms. The number of hydrogen-bond acceptors (Lipinski definition) is 3. The lowest BCUT2D eigenvalue weighted by atomic mass is 10.0. The summed E-state index contributed by atoms with van der Waals surface area (Å²) in [5.41, 5.74) is 6.35. The van der Waals surface area contributed by atoms with Crippen LogP contribution in [-0.4, -0.2) is 29.1 Å². The molecule has 1 aromatic heterocycles. The fraction of sp³-hybridized carbons (Fsp3) is 0.308. The summed E-state index contributed by atoms with van der Waals surface area (Å²) in [6.07, 6.45) is 5.97. The fourth-order valence-corrected chi connectivity index (χ4v) is 4.42. The van der Waals surface area contributed by atoms with Gasteiger partial charge in [0.25, 0.3) is 0 Å². The second-order valence-corrected chi connectivity index (χ2v) is 7.88. The van der Waals surface area contributed by atoms with E-state index < -0.39 is 5.97 Å². The van der Waals surface area contributed by atoms with Crippen molar-refractivity contribution in [3.8, 4) is 0 Å². The number of rotatable bonds is 7. The summed E-state index contributed by atoms with van der Waals surface area (Å²) in [5, 5.41) is 10.6. The summed E-state index contributed by atoms with van der Waals surface area (Å²) >= 11 is 0. The largest absolute Gasteiger partial charge is 0.478 e. The van der Waals surface area contributed by atoms with Crippen molar-refractivity contribution in [3.05, 3.63) is 70.9 Å². The maximum Gasteiger partial charge on any atom is 0.336 e. The second-order valence-electron chi connectivity index (χ2n) is 7.88. The first-order valence-corrected chi connectivity index (χ1v) is 10.8. The molecule has 1 heterocycles. The molecule has 0 saturated carbocycles. The number of anilines is 1. The van der Waals surface area contributed by atoms with Gasteiger partial charge in [0.15, 0.2) is 0 Å². The van der Waals surface area contributed by atoms with E-state index in [1.165, 1.54) is 5.69 Å². The van der Waals surface area contributed by atoms with Crippen LogP contribution in [0.5, 0.6) is 0 Å². The molecule has 1 aliphatic carbocycles. The number of aromatic carboxylic acids is 1. The number of aromatic nitrogens is 1. The smallest absolute Gasteiger partial charge is 0.336 e. The molecule has 1 N–H and O–H groups in total. The third kappa shape index (κ3) is 3.82. The Bertz CT molecular complexity index is 1090. The van der Waals surface area contributed by atoms with Gasteiger partial charge in [0.1, 0.15) is 0 Å². The number of para-hydroxylation sites is 1. The van der Waals surface area contributed by atoms with Crippen molar-refractivity contribution in [1.29, 1.82) is 0 Å². The van der Waals surface area contributed by atoms with Gasteiger partial charge in [-0.05, 0) is 66.7 Å². The third-order valence-electron chi connectivity index (χ3n) is 5.74. The Labute approximate surface area is 177 Å². The highest BCUT2D eigenvalue weighted by atomic mass is 16.4. The Kier molecular flexibility index (Phi) is 5.84. The molecular weight excluding hydrogens is 372 g/mol. The van der Waals surface area contributed by atoms with Gasteiger partial charge in [-0.1, -0.05) is 44.2 Å². The van der Waals surface area contributed by atoms with Gasteiger partial charge in [-0.15, -0.1) is 0 Å². The summed E-state index contributed by atoms with van der Waals surface area (Å²) in [4.78, 5) is 19.3. The minimum absolute atomic E-state index is 0.407. The molecule has 0 fully saturated rings. The molecule has 0 aliphatic heterocycles. The van der Waals surface area contributed by atoms with Gasteiger partial charge < -0.3 is 10.0 Å². The van der Waals surface area contributed by atoms with Crippen molar-refractivity contribution in [2.75, 3.05) is 18.0 Å². The van der Waals surface area contributed by atoms with Gasteiger partial charge in [0.05, 0.1) is 16.8 Å². The Morgan fingerprint density at radius 3 is 2.40 bits per heavy atom. The topological polar surface area (TPSA) is 53.4 Å². The molecule has 154 valence electrons. The third-order valence-corrected chi connectivity index (χ3v) is 5.74. The van der Waals surface area contributed by atoms with Gasteiger partial charge in [0.2, 0.25) is 0 Å². The molecule has 0 bridgehead atoms. The number of carbonyl (C=O) groups is 1. The Morgan fingerprint density at radius 2 is 1.73 bits per heavy atom. The molecule has 0 unspecified atom stereocenters. The maximum absolute atomic E-state index is 12.0. The number of fused-ring (bicyclic) bond motifs is 2. The van der Waals surface area contributed by atoms with Crippen LogP contribution in [0.4, 0.5) is 5.69 Å². The van der Waals surface area contributed by atoms with Crippen LogP contribution >= 0.6 is 0 Å². The quantitative estimate of drug-likeness (QED) is 0.525. The van der Waals surface area contributed by atoms with E-state index >= 15 is 0 Å². The van der Waals surface area contributed by atoms with E-state index in [4.69, 9.17) is 4.98 Å². The van der Waals surface area contributed by atoms with Crippen molar-refractivity contribution in [1.82, 2.24) is 4.98 Å². The highest BCUT2D eigenvalue weighted by molar-refractivity contribution is 6.06. The molecule has 2 aromatic carbocycles. The van der Waals surface area contributed by atoms with Gasteiger partial charge in [0, 0.05) is 24.2 Å². The van der Waals surface area contributed by atoms with Gasteiger partial charge in [-0.3, -0.25) is 0 Å². The highest BCUT2D eigenvalue weighted by Gasteiger charge is 2.26.